The van der Waals surface area contributed by atoms with Crippen LogP contribution in [0.5, 0.6) is 5.75 Å². The van der Waals surface area contributed by atoms with Crippen LogP contribution in [0.3, 0.4) is 0 Å². The van der Waals surface area contributed by atoms with Gasteiger partial charge in [0, 0.05) is 24.6 Å². The van der Waals surface area contributed by atoms with Gasteiger partial charge >= 0.3 is 0 Å². The molecule has 0 radical (unpaired) electrons. The normalized spacial score (nSPS) is 22.7. The number of nitrogens with one attached hydrogen (secondary N) is 1. The van der Waals surface area contributed by atoms with Crippen LogP contribution in [0.1, 0.15) is 25.8 Å². The number of benzene rings is 1. The summed E-state index contributed by atoms with van der Waals surface area (Å²) in [6, 6.07) is 8.75. The molecule has 1 unspecified atom stereocenters. The summed E-state index contributed by atoms with van der Waals surface area (Å²) in [6.45, 7) is 7.13. The molecule has 1 heterocycles. The lowest BCUT2D eigenvalue weighted by atomic mass is 9.82. The SMILES string of the molecule is COc1ccc(CNC2CCOCC2(C)C)cc1. The Morgan fingerprint density at radius 3 is 2.67 bits per heavy atom. The van der Waals surface area contributed by atoms with Crippen LogP contribution in [-0.2, 0) is 11.3 Å². The Morgan fingerprint density at radius 2 is 2.06 bits per heavy atom. The zero-order valence-electron chi connectivity index (χ0n) is 11.5. The Bertz CT molecular complexity index is 373. The van der Waals surface area contributed by atoms with Gasteiger partial charge in [0.1, 0.15) is 5.75 Å². The lowest BCUT2D eigenvalue weighted by Gasteiger charge is -2.39. The third-order valence-electron chi connectivity index (χ3n) is 3.68. The molecule has 1 aliphatic rings. The van der Waals surface area contributed by atoms with Crippen LogP contribution in [0, 0.1) is 5.41 Å². The van der Waals surface area contributed by atoms with Crippen molar-refractivity contribution in [2.45, 2.75) is 32.9 Å². The average Bonchev–Trinajstić information content (AvgIpc) is 2.38. The van der Waals surface area contributed by atoms with E-state index in [1.807, 2.05) is 12.1 Å². The molecule has 0 amide bonds. The highest BCUT2D eigenvalue weighted by Gasteiger charge is 2.32. The van der Waals surface area contributed by atoms with Crippen molar-refractivity contribution >= 4 is 0 Å². The highest BCUT2D eigenvalue weighted by molar-refractivity contribution is 5.27. The topological polar surface area (TPSA) is 30.5 Å². The number of ether oxygens (including phenoxy) is 2. The van der Waals surface area contributed by atoms with Gasteiger partial charge in [0.15, 0.2) is 0 Å². The van der Waals surface area contributed by atoms with E-state index >= 15 is 0 Å². The van der Waals surface area contributed by atoms with Gasteiger partial charge in [0.25, 0.3) is 0 Å². The van der Waals surface area contributed by atoms with Crippen molar-refractivity contribution in [1.82, 2.24) is 5.32 Å². The maximum atomic E-state index is 5.54. The van der Waals surface area contributed by atoms with Crippen LogP contribution in [0.25, 0.3) is 0 Å². The van der Waals surface area contributed by atoms with Crippen LogP contribution in [0.4, 0.5) is 0 Å². The molecule has 0 aromatic heterocycles. The smallest absolute Gasteiger partial charge is 0.118 e. The molecule has 0 bridgehead atoms. The van der Waals surface area contributed by atoms with Crippen LogP contribution in [-0.4, -0.2) is 26.4 Å². The number of hydrogen-bond donors (Lipinski definition) is 1. The third-order valence-corrected chi connectivity index (χ3v) is 3.68. The fraction of sp³-hybridized carbons (Fsp3) is 0.600. The zero-order chi connectivity index (χ0) is 13.0. The van der Waals surface area contributed by atoms with Gasteiger partial charge in [-0.2, -0.15) is 0 Å². The molecule has 0 spiro atoms. The standard InChI is InChI=1S/C15H23NO2/c1-15(2)11-18-9-8-14(15)16-10-12-4-6-13(17-3)7-5-12/h4-7,14,16H,8-11H2,1-3H3. The summed E-state index contributed by atoms with van der Waals surface area (Å²) >= 11 is 0. The Hall–Kier alpha value is -1.06. The number of methoxy groups -OCH3 is 1. The van der Waals surface area contributed by atoms with E-state index in [1.54, 1.807) is 7.11 Å². The second-order valence-corrected chi connectivity index (χ2v) is 5.61. The molecule has 18 heavy (non-hydrogen) atoms. The van der Waals surface area contributed by atoms with E-state index in [2.05, 4.69) is 31.3 Å². The van der Waals surface area contributed by atoms with Crippen molar-refractivity contribution in [1.29, 1.82) is 0 Å². The minimum Gasteiger partial charge on any atom is -0.497 e. The second kappa shape index (κ2) is 5.72. The monoisotopic (exact) mass is 249 g/mol. The molecular formula is C15H23NO2. The van der Waals surface area contributed by atoms with Crippen LogP contribution < -0.4 is 10.1 Å². The highest BCUT2D eigenvalue weighted by Crippen LogP contribution is 2.27. The zero-order valence-corrected chi connectivity index (χ0v) is 11.5. The van der Waals surface area contributed by atoms with E-state index in [4.69, 9.17) is 9.47 Å². The molecule has 3 nitrogen and oxygen atoms in total. The maximum Gasteiger partial charge on any atom is 0.118 e. The fourth-order valence-electron chi connectivity index (χ4n) is 2.39. The number of hydrogen-bond acceptors (Lipinski definition) is 3. The lowest BCUT2D eigenvalue weighted by molar-refractivity contribution is -0.0135. The van der Waals surface area contributed by atoms with E-state index in [0.29, 0.717) is 6.04 Å². The maximum absolute atomic E-state index is 5.54. The largest absolute Gasteiger partial charge is 0.497 e. The molecule has 3 heteroatoms. The Balaban J connectivity index is 1.90. The van der Waals surface area contributed by atoms with Crippen molar-refractivity contribution in [2.24, 2.45) is 5.41 Å². The summed E-state index contributed by atoms with van der Waals surface area (Å²) in [5.41, 5.74) is 1.50. The summed E-state index contributed by atoms with van der Waals surface area (Å²) in [4.78, 5) is 0. The average molecular weight is 249 g/mol. The van der Waals surface area contributed by atoms with Crippen LogP contribution >= 0.6 is 0 Å². The van der Waals surface area contributed by atoms with Crippen LogP contribution in [0.2, 0.25) is 0 Å². The van der Waals surface area contributed by atoms with Crippen molar-refractivity contribution in [3.63, 3.8) is 0 Å². The van der Waals surface area contributed by atoms with Gasteiger partial charge in [0.2, 0.25) is 0 Å². The predicted molar refractivity (Wildman–Crippen MR) is 72.8 cm³/mol. The van der Waals surface area contributed by atoms with E-state index in [0.717, 1.165) is 31.9 Å². The summed E-state index contributed by atoms with van der Waals surface area (Å²) < 4.78 is 10.7. The van der Waals surface area contributed by atoms with Crippen molar-refractivity contribution in [3.05, 3.63) is 29.8 Å². The lowest BCUT2D eigenvalue weighted by Crippen LogP contribution is -2.48. The molecule has 100 valence electrons. The van der Waals surface area contributed by atoms with E-state index in [1.165, 1.54) is 5.56 Å². The fourth-order valence-corrected chi connectivity index (χ4v) is 2.39. The van der Waals surface area contributed by atoms with Gasteiger partial charge in [-0.3, -0.25) is 0 Å². The summed E-state index contributed by atoms with van der Waals surface area (Å²) in [7, 11) is 1.69. The van der Waals surface area contributed by atoms with Crippen molar-refractivity contribution in [2.75, 3.05) is 20.3 Å². The molecule has 1 aliphatic heterocycles. The summed E-state index contributed by atoms with van der Waals surface area (Å²) in [5, 5.41) is 3.64. The minimum absolute atomic E-state index is 0.213. The van der Waals surface area contributed by atoms with E-state index in [9.17, 15) is 0 Å². The molecule has 1 aromatic carbocycles. The third kappa shape index (κ3) is 3.24. The molecule has 1 atom stereocenters. The van der Waals surface area contributed by atoms with Gasteiger partial charge in [-0.05, 0) is 24.1 Å². The molecular weight excluding hydrogens is 226 g/mol. The van der Waals surface area contributed by atoms with E-state index < -0.39 is 0 Å². The molecule has 2 rings (SSSR count). The van der Waals surface area contributed by atoms with Crippen molar-refractivity contribution in [3.8, 4) is 5.75 Å². The first-order valence-electron chi connectivity index (χ1n) is 6.56. The van der Waals surface area contributed by atoms with Gasteiger partial charge in [-0.1, -0.05) is 26.0 Å². The first-order valence-corrected chi connectivity index (χ1v) is 6.56. The quantitative estimate of drug-likeness (QED) is 0.889. The number of rotatable bonds is 4. The Labute approximate surface area is 109 Å². The van der Waals surface area contributed by atoms with E-state index in [-0.39, 0.29) is 5.41 Å². The molecule has 0 saturated carbocycles. The Kier molecular flexibility index (Phi) is 4.25. The highest BCUT2D eigenvalue weighted by atomic mass is 16.5. The summed E-state index contributed by atoms with van der Waals surface area (Å²) in [6.07, 6.45) is 1.09. The van der Waals surface area contributed by atoms with Gasteiger partial charge in [0.05, 0.1) is 13.7 Å². The molecule has 1 N–H and O–H groups in total. The van der Waals surface area contributed by atoms with Crippen LogP contribution in [0.15, 0.2) is 24.3 Å². The first-order chi connectivity index (χ1) is 8.62. The molecule has 1 saturated heterocycles. The molecule has 1 aromatic rings. The molecule has 1 fully saturated rings. The summed E-state index contributed by atoms with van der Waals surface area (Å²) in [5.74, 6) is 0.908. The Morgan fingerprint density at radius 1 is 1.33 bits per heavy atom. The van der Waals surface area contributed by atoms with Crippen molar-refractivity contribution < 1.29 is 9.47 Å². The minimum atomic E-state index is 0.213. The first kappa shape index (κ1) is 13.4. The molecule has 0 aliphatic carbocycles. The predicted octanol–water partition coefficient (Wildman–Crippen LogP) is 2.60. The van der Waals surface area contributed by atoms with Gasteiger partial charge < -0.3 is 14.8 Å². The van der Waals surface area contributed by atoms with Gasteiger partial charge in [-0.15, -0.1) is 0 Å². The second-order valence-electron chi connectivity index (χ2n) is 5.61. The van der Waals surface area contributed by atoms with Gasteiger partial charge in [-0.25, -0.2) is 0 Å².